The summed E-state index contributed by atoms with van der Waals surface area (Å²) in [5.74, 6) is 1.62. The van der Waals surface area contributed by atoms with Gasteiger partial charge in [0.25, 0.3) is 0 Å². The summed E-state index contributed by atoms with van der Waals surface area (Å²) in [5, 5.41) is 0. The number of rotatable bonds is 4. The van der Waals surface area contributed by atoms with Crippen LogP contribution in [0.3, 0.4) is 0 Å². The molecule has 0 spiro atoms. The first-order chi connectivity index (χ1) is 4.83. The second kappa shape index (κ2) is 4.10. The molecule has 0 amide bonds. The van der Waals surface area contributed by atoms with Gasteiger partial charge in [-0.05, 0) is 0 Å². The Kier molecular flexibility index (Phi) is 4.09. The van der Waals surface area contributed by atoms with Crippen LogP contribution in [0.15, 0.2) is 0 Å². The third kappa shape index (κ3) is 6.36. The number of hydrogen-bond acceptors (Lipinski definition) is 0. The van der Waals surface area contributed by atoms with Crippen molar-refractivity contribution in [3.05, 3.63) is 0 Å². The normalized spacial score (nSPS) is 13.1. The fraction of sp³-hybridized carbons (Fsp3) is 1.00. The molecule has 0 heterocycles. The van der Waals surface area contributed by atoms with Crippen LogP contribution in [0.2, 0.25) is 0 Å². The maximum absolute atomic E-state index is 2.32. The van der Waals surface area contributed by atoms with Gasteiger partial charge in [-0.2, -0.15) is 0 Å². The minimum atomic E-state index is 0.809. The van der Waals surface area contributed by atoms with Crippen LogP contribution in [0.4, 0.5) is 0 Å². The molecule has 0 radical (unpaired) electrons. The van der Waals surface area contributed by atoms with E-state index in [0.29, 0.717) is 0 Å². The second-order valence-corrected chi connectivity index (χ2v) is 5.09. The summed E-state index contributed by atoms with van der Waals surface area (Å²) in [7, 11) is 4.64. The Morgan fingerprint density at radius 2 is 1.09 bits per heavy atom. The van der Waals surface area contributed by atoms with E-state index in [1.165, 1.54) is 13.1 Å². The molecule has 0 aromatic carbocycles. The molecule has 11 heavy (non-hydrogen) atoms. The van der Waals surface area contributed by atoms with Crippen LogP contribution in [-0.2, 0) is 0 Å². The number of quaternary nitrogens is 1. The summed E-state index contributed by atoms with van der Waals surface area (Å²) in [6, 6.07) is 0. The van der Waals surface area contributed by atoms with E-state index in [0.717, 1.165) is 16.3 Å². The molecule has 0 rings (SSSR count). The van der Waals surface area contributed by atoms with Crippen LogP contribution in [0.25, 0.3) is 0 Å². The third-order valence-corrected chi connectivity index (χ3v) is 1.72. The average molecular weight is 158 g/mol. The van der Waals surface area contributed by atoms with E-state index < -0.39 is 0 Å². The zero-order valence-electron chi connectivity index (χ0n) is 9.02. The lowest BCUT2D eigenvalue weighted by molar-refractivity contribution is -0.896. The topological polar surface area (TPSA) is 0 Å². The van der Waals surface area contributed by atoms with Gasteiger partial charge in [0, 0.05) is 11.8 Å². The van der Waals surface area contributed by atoms with Gasteiger partial charge in [0.05, 0.1) is 27.2 Å². The van der Waals surface area contributed by atoms with E-state index in [9.17, 15) is 0 Å². The highest BCUT2D eigenvalue weighted by molar-refractivity contribution is 4.45. The Balaban J connectivity index is 3.79. The van der Waals surface area contributed by atoms with Crippen molar-refractivity contribution in [3.8, 4) is 0 Å². The quantitative estimate of drug-likeness (QED) is 0.551. The molecule has 0 fully saturated rings. The fourth-order valence-corrected chi connectivity index (χ4v) is 2.05. The van der Waals surface area contributed by atoms with Crippen LogP contribution in [0.1, 0.15) is 27.7 Å². The average Bonchev–Trinajstić information content (AvgIpc) is 1.53. The van der Waals surface area contributed by atoms with E-state index >= 15 is 0 Å². The maximum atomic E-state index is 2.32. The van der Waals surface area contributed by atoms with Gasteiger partial charge in [0.2, 0.25) is 0 Å². The molecule has 0 aliphatic rings. The molecule has 0 aromatic rings. The van der Waals surface area contributed by atoms with Crippen molar-refractivity contribution in [1.29, 1.82) is 0 Å². The van der Waals surface area contributed by atoms with Crippen molar-refractivity contribution in [2.24, 2.45) is 11.8 Å². The summed E-state index contributed by atoms with van der Waals surface area (Å²) in [5.41, 5.74) is 0. The molecule has 0 unspecified atom stereocenters. The van der Waals surface area contributed by atoms with Gasteiger partial charge in [-0.3, -0.25) is 0 Å². The lowest BCUT2D eigenvalue weighted by Gasteiger charge is -2.33. The molecule has 0 aliphatic carbocycles. The Morgan fingerprint density at radius 3 is 1.27 bits per heavy atom. The Hall–Kier alpha value is -0.0400. The summed E-state index contributed by atoms with van der Waals surface area (Å²) >= 11 is 0. The highest BCUT2D eigenvalue weighted by Gasteiger charge is 2.17. The molecule has 1 nitrogen and oxygen atoms in total. The molecular formula is C10H24N+. The molecule has 0 atom stereocenters. The molecule has 0 bridgehead atoms. The van der Waals surface area contributed by atoms with Crippen molar-refractivity contribution in [2.45, 2.75) is 27.7 Å². The van der Waals surface area contributed by atoms with Gasteiger partial charge in [-0.25, -0.2) is 0 Å². The van der Waals surface area contributed by atoms with E-state index in [4.69, 9.17) is 0 Å². The van der Waals surface area contributed by atoms with Gasteiger partial charge in [0.15, 0.2) is 0 Å². The lowest BCUT2D eigenvalue weighted by Crippen LogP contribution is -2.44. The van der Waals surface area contributed by atoms with Gasteiger partial charge >= 0.3 is 0 Å². The highest BCUT2D eigenvalue weighted by atomic mass is 15.3. The summed E-state index contributed by atoms with van der Waals surface area (Å²) < 4.78 is 1.16. The largest absolute Gasteiger partial charge is 0.328 e. The summed E-state index contributed by atoms with van der Waals surface area (Å²) in [6.45, 7) is 11.7. The molecule has 0 aromatic heterocycles. The predicted octanol–water partition coefficient (Wildman–Crippen LogP) is 2.37. The van der Waals surface area contributed by atoms with Crippen LogP contribution >= 0.6 is 0 Å². The van der Waals surface area contributed by atoms with Crippen LogP contribution < -0.4 is 0 Å². The molecule has 68 valence electrons. The van der Waals surface area contributed by atoms with Crippen LogP contribution in [-0.4, -0.2) is 31.7 Å². The minimum Gasteiger partial charge on any atom is -0.328 e. The summed E-state index contributed by atoms with van der Waals surface area (Å²) in [6.07, 6.45) is 0. The lowest BCUT2D eigenvalue weighted by atomic mass is 10.1. The zero-order valence-corrected chi connectivity index (χ0v) is 9.02. The Bertz CT molecular complexity index is 91.4. The monoisotopic (exact) mass is 158 g/mol. The van der Waals surface area contributed by atoms with Crippen molar-refractivity contribution >= 4 is 0 Å². The maximum Gasteiger partial charge on any atom is 0.0805 e. The highest BCUT2D eigenvalue weighted by Crippen LogP contribution is 2.08. The van der Waals surface area contributed by atoms with Crippen molar-refractivity contribution in [2.75, 3.05) is 27.2 Å². The van der Waals surface area contributed by atoms with Crippen LogP contribution in [0.5, 0.6) is 0 Å². The number of nitrogens with zero attached hydrogens (tertiary/aromatic N) is 1. The molecule has 1 heteroatoms. The molecule has 0 saturated heterocycles. The Labute approximate surface area is 72.0 Å². The fourth-order valence-electron chi connectivity index (χ4n) is 2.05. The van der Waals surface area contributed by atoms with Gasteiger partial charge < -0.3 is 4.48 Å². The third-order valence-electron chi connectivity index (χ3n) is 1.72. The SMILES string of the molecule is CC(C)C[N+](C)(C)CC(C)C. The predicted molar refractivity (Wildman–Crippen MR) is 51.5 cm³/mol. The molecule has 0 saturated carbocycles. The van der Waals surface area contributed by atoms with E-state index in [1.54, 1.807) is 0 Å². The molecular weight excluding hydrogens is 134 g/mol. The summed E-state index contributed by atoms with van der Waals surface area (Å²) in [4.78, 5) is 0. The van der Waals surface area contributed by atoms with Gasteiger partial charge in [0.1, 0.15) is 0 Å². The zero-order chi connectivity index (χ0) is 9.07. The standard InChI is InChI=1S/C10H24N/c1-9(2)7-11(5,6)8-10(3)4/h9-10H,7-8H2,1-6H3/q+1. The van der Waals surface area contributed by atoms with Gasteiger partial charge in [-0.15, -0.1) is 0 Å². The van der Waals surface area contributed by atoms with E-state index in [-0.39, 0.29) is 0 Å². The second-order valence-electron chi connectivity index (χ2n) is 5.09. The molecule has 0 N–H and O–H groups in total. The first kappa shape index (κ1) is 11.0. The number of hydrogen-bond donors (Lipinski definition) is 0. The Morgan fingerprint density at radius 1 is 0.818 bits per heavy atom. The van der Waals surface area contributed by atoms with Crippen molar-refractivity contribution < 1.29 is 4.48 Å². The molecule has 0 aliphatic heterocycles. The van der Waals surface area contributed by atoms with E-state index in [2.05, 4.69) is 41.8 Å². The van der Waals surface area contributed by atoms with Crippen molar-refractivity contribution in [3.63, 3.8) is 0 Å². The van der Waals surface area contributed by atoms with Crippen molar-refractivity contribution in [1.82, 2.24) is 0 Å². The van der Waals surface area contributed by atoms with Crippen LogP contribution in [0, 0.1) is 11.8 Å². The van der Waals surface area contributed by atoms with Gasteiger partial charge in [-0.1, -0.05) is 27.7 Å². The first-order valence-corrected chi connectivity index (χ1v) is 4.65. The van der Waals surface area contributed by atoms with E-state index in [1.807, 2.05) is 0 Å². The smallest absolute Gasteiger partial charge is 0.0805 e. The minimum absolute atomic E-state index is 0.809. The first-order valence-electron chi connectivity index (χ1n) is 4.65.